The molecule has 5 nitrogen and oxygen atoms in total. The highest BCUT2D eigenvalue weighted by molar-refractivity contribution is 7.89. The number of carbonyl (C=O) groups is 1. The third kappa shape index (κ3) is 2.62. The van der Waals surface area contributed by atoms with E-state index in [0.29, 0.717) is 12.8 Å². The lowest BCUT2D eigenvalue weighted by molar-refractivity contribution is -0.153. The van der Waals surface area contributed by atoms with Crippen LogP contribution in [0.4, 0.5) is 4.39 Å². The van der Waals surface area contributed by atoms with Gasteiger partial charge in [0.25, 0.3) is 0 Å². The van der Waals surface area contributed by atoms with Crippen molar-refractivity contribution in [2.24, 2.45) is 5.41 Å². The molecule has 0 saturated heterocycles. The van der Waals surface area contributed by atoms with E-state index in [1.165, 1.54) is 12.1 Å². The standard InChI is InChI=1S/C12H14FNO4S/c13-9-4-1-2-5-10(9)19(17,18)14-8-12(11(15)16)6-3-7-12/h1-2,4-5,14H,3,6-8H2,(H,15,16). The maximum Gasteiger partial charge on any atom is 0.310 e. The van der Waals surface area contributed by atoms with Gasteiger partial charge >= 0.3 is 5.97 Å². The smallest absolute Gasteiger partial charge is 0.310 e. The molecule has 1 aromatic carbocycles. The molecule has 0 unspecified atom stereocenters. The molecule has 1 aromatic rings. The Morgan fingerprint density at radius 1 is 1.37 bits per heavy atom. The highest BCUT2D eigenvalue weighted by Gasteiger charge is 2.45. The van der Waals surface area contributed by atoms with Crippen molar-refractivity contribution in [1.29, 1.82) is 0 Å². The average molecular weight is 287 g/mol. The second kappa shape index (κ2) is 4.90. The Balaban J connectivity index is 2.15. The van der Waals surface area contributed by atoms with Crippen LogP contribution in [-0.2, 0) is 14.8 Å². The average Bonchev–Trinajstić information content (AvgIpc) is 2.27. The molecular formula is C12H14FNO4S. The van der Waals surface area contributed by atoms with Crippen LogP contribution in [0.3, 0.4) is 0 Å². The first-order valence-corrected chi connectivity index (χ1v) is 7.33. The van der Waals surface area contributed by atoms with Gasteiger partial charge in [-0.3, -0.25) is 4.79 Å². The molecular weight excluding hydrogens is 273 g/mol. The fourth-order valence-corrected chi connectivity index (χ4v) is 3.25. The quantitative estimate of drug-likeness (QED) is 0.856. The molecule has 1 aliphatic carbocycles. The lowest BCUT2D eigenvalue weighted by atomic mass is 9.69. The van der Waals surface area contributed by atoms with E-state index in [2.05, 4.69) is 4.72 Å². The summed E-state index contributed by atoms with van der Waals surface area (Å²) in [4.78, 5) is 10.7. The van der Waals surface area contributed by atoms with Gasteiger partial charge in [0.2, 0.25) is 10.0 Å². The fraction of sp³-hybridized carbons (Fsp3) is 0.417. The summed E-state index contributed by atoms with van der Waals surface area (Å²) in [6.45, 7) is -0.209. The van der Waals surface area contributed by atoms with Gasteiger partial charge in [-0.1, -0.05) is 18.6 Å². The van der Waals surface area contributed by atoms with Crippen LogP contribution in [0, 0.1) is 11.2 Å². The Labute approximate surface area is 110 Å². The Morgan fingerprint density at radius 2 is 2.00 bits per heavy atom. The minimum absolute atomic E-state index is 0.209. The first-order chi connectivity index (χ1) is 8.87. The number of hydrogen-bond acceptors (Lipinski definition) is 3. The molecule has 0 aliphatic heterocycles. The lowest BCUT2D eigenvalue weighted by Crippen LogP contribution is -2.47. The summed E-state index contributed by atoms with van der Waals surface area (Å²) in [5, 5.41) is 9.10. The second-order valence-corrected chi connectivity index (χ2v) is 6.43. The molecule has 0 atom stereocenters. The third-order valence-corrected chi connectivity index (χ3v) is 4.93. The van der Waals surface area contributed by atoms with Gasteiger partial charge in [-0.25, -0.2) is 17.5 Å². The van der Waals surface area contributed by atoms with Crippen LogP contribution in [0.25, 0.3) is 0 Å². The first-order valence-electron chi connectivity index (χ1n) is 5.85. The van der Waals surface area contributed by atoms with Crippen molar-refractivity contribution in [1.82, 2.24) is 4.72 Å². The van der Waals surface area contributed by atoms with Crippen LogP contribution < -0.4 is 4.72 Å². The summed E-state index contributed by atoms with van der Waals surface area (Å²) in [6, 6.07) is 4.99. The Hall–Kier alpha value is -1.47. The van der Waals surface area contributed by atoms with Gasteiger partial charge < -0.3 is 5.11 Å². The van der Waals surface area contributed by atoms with Crippen LogP contribution in [0.1, 0.15) is 19.3 Å². The fourth-order valence-electron chi connectivity index (χ4n) is 2.04. The van der Waals surface area contributed by atoms with E-state index in [4.69, 9.17) is 5.11 Å². The number of aliphatic carboxylic acids is 1. The van der Waals surface area contributed by atoms with Crippen molar-refractivity contribution in [3.05, 3.63) is 30.1 Å². The number of hydrogen-bond donors (Lipinski definition) is 2. The SMILES string of the molecule is O=C(O)C1(CNS(=O)(=O)c2ccccc2F)CCC1. The lowest BCUT2D eigenvalue weighted by Gasteiger charge is -2.37. The number of sulfonamides is 1. The second-order valence-electron chi connectivity index (χ2n) is 4.69. The van der Waals surface area contributed by atoms with Crippen molar-refractivity contribution >= 4 is 16.0 Å². The minimum Gasteiger partial charge on any atom is -0.481 e. The van der Waals surface area contributed by atoms with Gasteiger partial charge in [0.15, 0.2) is 0 Å². The van der Waals surface area contributed by atoms with Gasteiger partial charge in [-0.2, -0.15) is 0 Å². The zero-order valence-corrected chi connectivity index (χ0v) is 10.9. The zero-order chi connectivity index (χ0) is 14.1. The van der Waals surface area contributed by atoms with Crippen molar-refractivity contribution < 1.29 is 22.7 Å². The number of rotatable bonds is 5. The van der Waals surface area contributed by atoms with Crippen molar-refractivity contribution in [3.8, 4) is 0 Å². The normalized spacial score (nSPS) is 17.7. The molecule has 7 heteroatoms. The highest BCUT2D eigenvalue weighted by atomic mass is 32.2. The number of carboxylic acids is 1. The largest absolute Gasteiger partial charge is 0.481 e. The Bertz CT molecular complexity index is 596. The molecule has 1 fully saturated rings. The van der Waals surface area contributed by atoms with E-state index in [-0.39, 0.29) is 6.54 Å². The predicted octanol–water partition coefficient (Wildman–Crippen LogP) is 1.36. The van der Waals surface area contributed by atoms with Gasteiger partial charge in [0.05, 0.1) is 5.41 Å². The molecule has 0 bridgehead atoms. The molecule has 19 heavy (non-hydrogen) atoms. The summed E-state index contributed by atoms with van der Waals surface area (Å²) in [5.74, 6) is -1.87. The number of nitrogens with one attached hydrogen (secondary N) is 1. The summed E-state index contributed by atoms with van der Waals surface area (Å²) in [7, 11) is -4.02. The molecule has 1 aliphatic rings. The van der Waals surface area contributed by atoms with E-state index >= 15 is 0 Å². The zero-order valence-electron chi connectivity index (χ0n) is 10.1. The van der Waals surface area contributed by atoms with Crippen LogP contribution >= 0.6 is 0 Å². The van der Waals surface area contributed by atoms with E-state index in [9.17, 15) is 17.6 Å². The van der Waals surface area contributed by atoms with Gasteiger partial charge in [0, 0.05) is 6.54 Å². The number of carboxylic acid groups (broad SMARTS) is 1. The van der Waals surface area contributed by atoms with Crippen LogP contribution in [0.2, 0.25) is 0 Å². The Morgan fingerprint density at radius 3 is 2.47 bits per heavy atom. The molecule has 0 amide bonds. The van der Waals surface area contributed by atoms with Crippen molar-refractivity contribution in [2.45, 2.75) is 24.2 Å². The summed E-state index contributed by atoms with van der Waals surface area (Å²) >= 11 is 0. The first kappa shape index (κ1) is 14.0. The van der Waals surface area contributed by atoms with Gasteiger partial charge in [0.1, 0.15) is 10.7 Å². The topological polar surface area (TPSA) is 83.5 Å². The van der Waals surface area contributed by atoms with Crippen molar-refractivity contribution in [3.63, 3.8) is 0 Å². The van der Waals surface area contributed by atoms with Crippen LogP contribution in [-0.4, -0.2) is 26.0 Å². The van der Waals surface area contributed by atoms with E-state index < -0.39 is 32.1 Å². The van der Waals surface area contributed by atoms with E-state index in [0.717, 1.165) is 18.6 Å². The molecule has 2 rings (SSSR count). The maximum absolute atomic E-state index is 13.4. The van der Waals surface area contributed by atoms with Crippen LogP contribution in [0.5, 0.6) is 0 Å². The monoisotopic (exact) mass is 287 g/mol. The molecule has 0 aromatic heterocycles. The number of benzene rings is 1. The molecule has 104 valence electrons. The minimum atomic E-state index is -4.02. The number of halogens is 1. The van der Waals surface area contributed by atoms with Crippen LogP contribution in [0.15, 0.2) is 29.2 Å². The summed E-state index contributed by atoms with van der Waals surface area (Å²) in [5.41, 5.74) is -1.04. The van der Waals surface area contributed by atoms with Gasteiger partial charge in [-0.05, 0) is 25.0 Å². The maximum atomic E-state index is 13.4. The highest BCUT2D eigenvalue weighted by Crippen LogP contribution is 2.40. The third-order valence-electron chi connectivity index (χ3n) is 3.49. The molecule has 1 saturated carbocycles. The summed E-state index contributed by atoms with van der Waals surface area (Å²) in [6.07, 6.45) is 1.62. The molecule has 0 heterocycles. The van der Waals surface area contributed by atoms with E-state index in [1.807, 2.05) is 0 Å². The molecule has 2 N–H and O–H groups in total. The Kier molecular flexibility index (Phi) is 3.60. The predicted molar refractivity (Wildman–Crippen MR) is 65.5 cm³/mol. The van der Waals surface area contributed by atoms with Gasteiger partial charge in [-0.15, -0.1) is 0 Å². The van der Waals surface area contributed by atoms with Crippen molar-refractivity contribution in [2.75, 3.05) is 6.54 Å². The van der Waals surface area contributed by atoms with E-state index in [1.54, 1.807) is 0 Å². The molecule has 0 radical (unpaired) electrons. The molecule has 0 spiro atoms. The summed E-state index contributed by atoms with van der Waals surface area (Å²) < 4.78 is 39.5.